The summed E-state index contributed by atoms with van der Waals surface area (Å²) in [5.41, 5.74) is 1.76. The van der Waals surface area contributed by atoms with Crippen LogP contribution in [-0.2, 0) is 19.6 Å². The molecule has 1 saturated heterocycles. The van der Waals surface area contributed by atoms with Crippen molar-refractivity contribution in [3.63, 3.8) is 0 Å². The van der Waals surface area contributed by atoms with Crippen molar-refractivity contribution in [3.05, 3.63) is 77.0 Å². The Kier molecular flexibility index (Phi) is 6.25. The van der Waals surface area contributed by atoms with Crippen LogP contribution in [0.2, 0.25) is 0 Å². The number of hydrogen-bond acceptors (Lipinski definition) is 6. The molecule has 4 aromatic rings. The highest BCUT2D eigenvalue weighted by Crippen LogP contribution is 2.21. The van der Waals surface area contributed by atoms with Gasteiger partial charge in [0.2, 0.25) is 10.0 Å². The normalized spacial score (nSPS) is 14.7. The third-order valence-electron chi connectivity index (χ3n) is 5.79. The summed E-state index contributed by atoms with van der Waals surface area (Å²) >= 11 is 0. The van der Waals surface area contributed by atoms with E-state index in [0.29, 0.717) is 54.0 Å². The van der Waals surface area contributed by atoms with Gasteiger partial charge < -0.3 is 19.8 Å². The zero-order valence-electron chi connectivity index (χ0n) is 18.7. The number of ether oxygens (including phenoxy) is 2. The molecule has 0 radical (unpaired) electrons. The predicted molar refractivity (Wildman–Crippen MR) is 132 cm³/mol. The molecule has 5 rings (SSSR count). The van der Waals surface area contributed by atoms with Gasteiger partial charge in [0.25, 0.3) is 5.91 Å². The SMILES string of the molecule is O=C(COc1ccc2[nH]c3ccccc3c(=O)c2c1)Nc1ccc(S(=O)(=O)N2CCOCC2)cc1. The molecule has 10 heteroatoms. The van der Waals surface area contributed by atoms with Crippen LogP contribution in [0.5, 0.6) is 5.75 Å². The Bertz CT molecular complexity index is 1560. The summed E-state index contributed by atoms with van der Waals surface area (Å²) in [4.78, 5) is 28.6. The molecule has 0 bridgehead atoms. The van der Waals surface area contributed by atoms with Gasteiger partial charge in [-0.25, -0.2) is 8.42 Å². The maximum absolute atomic E-state index is 12.8. The van der Waals surface area contributed by atoms with E-state index >= 15 is 0 Å². The summed E-state index contributed by atoms with van der Waals surface area (Å²) in [6.07, 6.45) is 0. The molecular formula is C25H23N3O6S. The largest absolute Gasteiger partial charge is 0.484 e. The van der Waals surface area contributed by atoms with Gasteiger partial charge in [0.15, 0.2) is 12.0 Å². The topological polar surface area (TPSA) is 118 Å². The second-order valence-corrected chi connectivity index (χ2v) is 10.0. The van der Waals surface area contributed by atoms with Crippen LogP contribution in [0.3, 0.4) is 0 Å². The first-order valence-electron chi connectivity index (χ1n) is 11.1. The van der Waals surface area contributed by atoms with Crippen molar-refractivity contribution in [2.45, 2.75) is 4.90 Å². The summed E-state index contributed by atoms with van der Waals surface area (Å²) < 4.78 is 37.6. The van der Waals surface area contributed by atoms with E-state index in [1.54, 1.807) is 30.3 Å². The zero-order valence-corrected chi connectivity index (χ0v) is 19.5. The van der Waals surface area contributed by atoms with E-state index in [1.165, 1.54) is 28.6 Å². The highest BCUT2D eigenvalue weighted by Gasteiger charge is 2.26. The minimum absolute atomic E-state index is 0.114. The molecule has 35 heavy (non-hydrogen) atoms. The number of morpholine rings is 1. The molecule has 2 N–H and O–H groups in total. The molecule has 0 aliphatic carbocycles. The molecule has 1 amide bonds. The quantitative estimate of drug-likeness (QED) is 0.399. The number of fused-ring (bicyclic) bond motifs is 2. The molecule has 1 fully saturated rings. The Labute approximate surface area is 201 Å². The molecule has 0 unspecified atom stereocenters. The minimum Gasteiger partial charge on any atom is -0.484 e. The lowest BCUT2D eigenvalue weighted by Crippen LogP contribution is -2.40. The number of anilines is 1. The molecular weight excluding hydrogens is 470 g/mol. The molecule has 0 atom stereocenters. The highest BCUT2D eigenvalue weighted by molar-refractivity contribution is 7.89. The van der Waals surface area contributed by atoms with Crippen LogP contribution in [0.25, 0.3) is 21.8 Å². The Morgan fingerprint density at radius 1 is 0.971 bits per heavy atom. The number of pyridine rings is 1. The van der Waals surface area contributed by atoms with E-state index in [0.717, 1.165) is 5.52 Å². The Morgan fingerprint density at radius 3 is 2.46 bits per heavy atom. The zero-order chi connectivity index (χ0) is 24.4. The number of nitrogens with one attached hydrogen (secondary N) is 2. The smallest absolute Gasteiger partial charge is 0.262 e. The van der Waals surface area contributed by atoms with E-state index < -0.39 is 15.9 Å². The first-order chi connectivity index (χ1) is 16.9. The molecule has 1 aromatic heterocycles. The van der Waals surface area contributed by atoms with Gasteiger partial charge in [-0.1, -0.05) is 12.1 Å². The van der Waals surface area contributed by atoms with Crippen molar-refractivity contribution < 1.29 is 22.7 Å². The number of sulfonamides is 1. The van der Waals surface area contributed by atoms with Crippen molar-refractivity contribution in [1.82, 2.24) is 9.29 Å². The lowest BCUT2D eigenvalue weighted by Gasteiger charge is -2.26. The summed E-state index contributed by atoms with van der Waals surface area (Å²) in [6.45, 7) is 1.10. The van der Waals surface area contributed by atoms with Gasteiger partial charge in [0.05, 0.1) is 23.6 Å². The number of amides is 1. The van der Waals surface area contributed by atoms with Crippen molar-refractivity contribution in [1.29, 1.82) is 0 Å². The lowest BCUT2D eigenvalue weighted by atomic mass is 10.1. The lowest BCUT2D eigenvalue weighted by molar-refractivity contribution is -0.118. The second-order valence-electron chi connectivity index (χ2n) is 8.08. The van der Waals surface area contributed by atoms with Gasteiger partial charge >= 0.3 is 0 Å². The summed E-state index contributed by atoms with van der Waals surface area (Å²) in [6, 6.07) is 18.3. The molecule has 2 heterocycles. The maximum atomic E-state index is 12.8. The number of rotatable bonds is 6. The minimum atomic E-state index is -3.60. The number of aromatic nitrogens is 1. The van der Waals surface area contributed by atoms with Crippen LogP contribution in [0.15, 0.2) is 76.4 Å². The molecule has 3 aromatic carbocycles. The third-order valence-corrected chi connectivity index (χ3v) is 7.71. The number of hydrogen-bond donors (Lipinski definition) is 2. The van der Waals surface area contributed by atoms with Crippen molar-refractivity contribution in [2.24, 2.45) is 0 Å². The van der Waals surface area contributed by atoms with Crippen molar-refractivity contribution >= 4 is 43.4 Å². The number of nitrogens with zero attached hydrogens (tertiary/aromatic N) is 1. The first-order valence-corrected chi connectivity index (χ1v) is 12.5. The predicted octanol–water partition coefficient (Wildman–Crippen LogP) is 2.72. The van der Waals surface area contributed by atoms with E-state index in [2.05, 4.69) is 10.3 Å². The average Bonchev–Trinajstić information content (AvgIpc) is 2.89. The number of benzene rings is 3. The second kappa shape index (κ2) is 9.49. The average molecular weight is 494 g/mol. The Balaban J connectivity index is 1.24. The fourth-order valence-corrected chi connectivity index (χ4v) is 5.39. The number of carbonyl (C=O) groups excluding carboxylic acids is 1. The maximum Gasteiger partial charge on any atom is 0.262 e. The van der Waals surface area contributed by atoms with Crippen molar-refractivity contribution in [3.8, 4) is 5.75 Å². The Morgan fingerprint density at radius 2 is 1.69 bits per heavy atom. The Hall–Kier alpha value is -3.73. The summed E-state index contributed by atoms with van der Waals surface area (Å²) in [5, 5.41) is 3.73. The van der Waals surface area contributed by atoms with Gasteiger partial charge in [-0.2, -0.15) is 4.31 Å². The standard InChI is InChI=1S/C25H23N3O6S/c29-24(26-17-5-8-19(9-6-17)35(31,32)28-11-13-33-14-12-28)16-34-18-7-10-23-21(15-18)25(30)20-3-1-2-4-22(20)27-23/h1-10,15H,11-14,16H2,(H,26,29)(H,27,30). The first kappa shape index (κ1) is 23.0. The summed E-state index contributed by atoms with van der Waals surface area (Å²) in [7, 11) is -3.60. The highest BCUT2D eigenvalue weighted by atomic mass is 32.2. The van der Waals surface area contributed by atoms with Crippen LogP contribution in [0.1, 0.15) is 0 Å². The number of aromatic amines is 1. The molecule has 9 nitrogen and oxygen atoms in total. The fraction of sp³-hybridized carbons (Fsp3) is 0.200. The van der Waals surface area contributed by atoms with E-state index in [4.69, 9.17) is 9.47 Å². The molecule has 0 saturated carbocycles. The van der Waals surface area contributed by atoms with Gasteiger partial charge in [0.1, 0.15) is 5.75 Å². The van der Waals surface area contributed by atoms with Crippen LogP contribution < -0.4 is 15.5 Å². The molecule has 1 aliphatic heterocycles. The monoisotopic (exact) mass is 493 g/mol. The molecule has 0 spiro atoms. The molecule has 180 valence electrons. The van der Waals surface area contributed by atoms with Gasteiger partial charge in [0, 0.05) is 35.1 Å². The van der Waals surface area contributed by atoms with Gasteiger partial charge in [-0.15, -0.1) is 0 Å². The van der Waals surface area contributed by atoms with Crippen LogP contribution >= 0.6 is 0 Å². The van der Waals surface area contributed by atoms with E-state index in [1.807, 2.05) is 12.1 Å². The van der Waals surface area contributed by atoms with Crippen molar-refractivity contribution in [2.75, 3.05) is 38.2 Å². The van der Waals surface area contributed by atoms with Crippen LogP contribution in [0.4, 0.5) is 5.69 Å². The fourth-order valence-electron chi connectivity index (χ4n) is 3.98. The number of para-hydroxylation sites is 1. The molecule has 1 aliphatic rings. The van der Waals surface area contributed by atoms with Crippen LogP contribution in [-0.4, -0.2) is 56.5 Å². The van der Waals surface area contributed by atoms with E-state index in [9.17, 15) is 18.0 Å². The number of carbonyl (C=O) groups is 1. The van der Waals surface area contributed by atoms with Gasteiger partial charge in [-0.05, 0) is 54.6 Å². The third kappa shape index (κ3) is 4.76. The van der Waals surface area contributed by atoms with Gasteiger partial charge in [-0.3, -0.25) is 9.59 Å². The summed E-state index contributed by atoms with van der Waals surface area (Å²) in [5.74, 6) is -0.0262. The van der Waals surface area contributed by atoms with Crippen LogP contribution in [0, 0.1) is 0 Å². The van der Waals surface area contributed by atoms with E-state index in [-0.39, 0.29) is 16.9 Å². The number of H-pyrrole nitrogens is 1.